The average molecular weight is 190 g/mol. The zero-order chi connectivity index (χ0) is 10.2. The molecule has 14 heavy (non-hydrogen) atoms. The Balaban J connectivity index is 2.45. The third kappa shape index (κ3) is 1.18. The first-order valence-electron chi connectivity index (χ1n) is 4.32. The molecule has 1 heterocycles. The lowest BCUT2D eigenvalue weighted by atomic mass is 9.95. The number of cyclic esters (lactones) is 1. The third-order valence-electron chi connectivity index (χ3n) is 2.37. The molecule has 3 nitrogen and oxygen atoms in total. The number of aliphatic hydroxyl groups excluding tert-OH is 1. The van der Waals surface area contributed by atoms with E-state index >= 15 is 0 Å². The Morgan fingerprint density at radius 2 is 1.93 bits per heavy atom. The second kappa shape index (κ2) is 2.87. The van der Waals surface area contributed by atoms with Crippen molar-refractivity contribution in [1.29, 1.82) is 0 Å². The quantitative estimate of drug-likeness (QED) is 0.688. The maximum Gasteiger partial charge on any atom is 0.335 e. The highest BCUT2D eigenvalue weighted by molar-refractivity contribution is 5.86. The lowest BCUT2D eigenvalue weighted by molar-refractivity contribution is -0.146. The molecule has 0 saturated carbocycles. The molecule has 2 rings (SSSR count). The van der Waals surface area contributed by atoms with Gasteiger partial charge in [0.1, 0.15) is 5.76 Å². The van der Waals surface area contributed by atoms with Gasteiger partial charge in [-0.15, -0.1) is 0 Å². The van der Waals surface area contributed by atoms with Crippen LogP contribution in [-0.2, 0) is 15.1 Å². The summed E-state index contributed by atoms with van der Waals surface area (Å²) in [4.78, 5) is 11.0. The number of ether oxygens (including phenoxy) is 1. The molecule has 1 aromatic carbocycles. The number of hydrogen-bond donors (Lipinski definition) is 1. The number of benzene rings is 1. The molecule has 0 amide bonds. The first-order chi connectivity index (χ1) is 6.63. The minimum absolute atomic E-state index is 0.0475. The highest BCUT2D eigenvalue weighted by Crippen LogP contribution is 2.35. The maximum atomic E-state index is 11.0. The maximum absolute atomic E-state index is 11.0. The van der Waals surface area contributed by atoms with Crippen LogP contribution in [0.1, 0.15) is 12.5 Å². The van der Waals surface area contributed by atoms with E-state index < -0.39 is 11.6 Å². The van der Waals surface area contributed by atoms with Crippen molar-refractivity contribution in [1.82, 2.24) is 0 Å². The molecule has 3 heteroatoms. The predicted octanol–water partition coefficient (Wildman–Crippen LogP) is 1.90. The van der Waals surface area contributed by atoms with Crippen LogP contribution in [0.2, 0.25) is 0 Å². The molecule has 1 atom stereocenters. The van der Waals surface area contributed by atoms with Crippen molar-refractivity contribution < 1.29 is 14.6 Å². The molecule has 0 aromatic heterocycles. The van der Waals surface area contributed by atoms with Gasteiger partial charge in [-0.25, -0.2) is 4.79 Å². The van der Waals surface area contributed by atoms with Gasteiger partial charge in [0.05, 0.1) is 6.08 Å². The van der Waals surface area contributed by atoms with Gasteiger partial charge in [-0.05, 0) is 6.92 Å². The van der Waals surface area contributed by atoms with Crippen molar-refractivity contribution in [2.75, 3.05) is 0 Å². The molecule has 1 aliphatic heterocycles. The Bertz CT molecular complexity index is 394. The fraction of sp³-hybridized carbons (Fsp3) is 0.182. The zero-order valence-electron chi connectivity index (χ0n) is 7.73. The van der Waals surface area contributed by atoms with Gasteiger partial charge in [0.2, 0.25) is 0 Å². The summed E-state index contributed by atoms with van der Waals surface area (Å²) >= 11 is 0. The first-order valence-corrected chi connectivity index (χ1v) is 4.32. The van der Waals surface area contributed by atoms with E-state index in [2.05, 4.69) is 0 Å². The summed E-state index contributed by atoms with van der Waals surface area (Å²) in [5.41, 5.74) is -0.252. The molecule has 0 aliphatic carbocycles. The molecular weight excluding hydrogens is 180 g/mol. The molecule has 0 bridgehead atoms. The summed E-state index contributed by atoms with van der Waals surface area (Å²) in [5, 5.41) is 9.59. The summed E-state index contributed by atoms with van der Waals surface area (Å²) in [7, 11) is 0. The van der Waals surface area contributed by atoms with Gasteiger partial charge in [-0.1, -0.05) is 30.3 Å². The van der Waals surface area contributed by atoms with Crippen LogP contribution < -0.4 is 0 Å². The average Bonchev–Trinajstić information content (AvgIpc) is 2.43. The summed E-state index contributed by atoms with van der Waals surface area (Å²) in [6.07, 6.45) is 1.10. The molecular formula is C11H10O3. The minimum Gasteiger partial charge on any atom is -0.507 e. The van der Waals surface area contributed by atoms with Crippen LogP contribution in [0.15, 0.2) is 42.2 Å². The van der Waals surface area contributed by atoms with E-state index in [9.17, 15) is 9.90 Å². The van der Waals surface area contributed by atoms with Crippen molar-refractivity contribution in [3.63, 3.8) is 0 Å². The summed E-state index contributed by atoms with van der Waals surface area (Å²) in [6, 6.07) is 9.15. The van der Waals surface area contributed by atoms with Gasteiger partial charge < -0.3 is 9.84 Å². The topological polar surface area (TPSA) is 46.5 Å². The molecule has 72 valence electrons. The molecule has 0 spiro atoms. The Morgan fingerprint density at radius 1 is 1.29 bits per heavy atom. The van der Waals surface area contributed by atoms with Crippen LogP contribution in [0.4, 0.5) is 0 Å². The molecule has 0 unspecified atom stereocenters. The lowest BCUT2D eigenvalue weighted by Crippen LogP contribution is -2.25. The predicted molar refractivity (Wildman–Crippen MR) is 50.6 cm³/mol. The van der Waals surface area contributed by atoms with E-state index in [1.54, 1.807) is 6.92 Å². The van der Waals surface area contributed by atoms with Crippen LogP contribution in [0.5, 0.6) is 0 Å². The number of esters is 1. The molecule has 1 N–H and O–H groups in total. The highest BCUT2D eigenvalue weighted by Gasteiger charge is 2.40. The largest absolute Gasteiger partial charge is 0.507 e. The summed E-state index contributed by atoms with van der Waals surface area (Å²) < 4.78 is 5.07. The molecule has 0 radical (unpaired) electrons. The van der Waals surface area contributed by atoms with Gasteiger partial charge in [0.25, 0.3) is 0 Å². The Hall–Kier alpha value is -1.77. The van der Waals surface area contributed by atoms with Crippen LogP contribution in [0, 0.1) is 0 Å². The number of hydrogen-bond acceptors (Lipinski definition) is 3. The molecule has 0 fully saturated rings. The number of carbonyl (C=O) groups excluding carboxylic acids is 1. The molecule has 0 saturated heterocycles. The second-order valence-electron chi connectivity index (χ2n) is 3.35. The number of carbonyl (C=O) groups is 1. The van der Waals surface area contributed by atoms with Crippen molar-refractivity contribution in [3.05, 3.63) is 47.7 Å². The third-order valence-corrected chi connectivity index (χ3v) is 2.37. The Morgan fingerprint density at radius 3 is 2.43 bits per heavy atom. The Kier molecular flexibility index (Phi) is 1.81. The fourth-order valence-corrected chi connectivity index (χ4v) is 1.50. The second-order valence-corrected chi connectivity index (χ2v) is 3.35. The van der Waals surface area contributed by atoms with Crippen LogP contribution in [-0.4, -0.2) is 11.1 Å². The SMILES string of the molecule is C[C@]1(c2ccccc2)OC(=O)C=C1O. The van der Waals surface area contributed by atoms with Crippen LogP contribution >= 0.6 is 0 Å². The molecule has 1 aromatic rings. The van der Waals surface area contributed by atoms with Crippen LogP contribution in [0.3, 0.4) is 0 Å². The molecule has 1 aliphatic rings. The summed E-state index contributed by atoms with van der Waals surface area (Å²) in [5.74, 6) is -0.553. The van der Waals surface area contributed by atoms with Gasteiger partial charge in [-0.2, -0.15) is 0 Å². The number of rotatable bonds is 1. The Labute approximate surface area is 81.6 Å². The van der Waals surface area contributed by atoms with Gasteiger partial charge in [0.15, 0.2) is 5.60 Å². The van der Waals surface area contributed by atoms with Crippen molar-refractivity contribution >= 4 is 5.97 Å². The van der Waals surface area contributed by atoms with Gasteiger partial charge in [-0.3, -0.25) is 0 Å². The van der Waals surface area contributed by atoms with Crippen molar-refractivity contribution in [2.45, 2.75) is 12.5 Å². The van der Waals surface area contributed by atoms with Crippen molar-refractivity contribution in [2.24, 2.45) is 0 Å². The number of aliphatic hydroxyl groups is 1. The smallest absolute Gasteiger partial charge is 0.335 e. The van der Waals surface area contributed by atoms with E-state index in [-0.39, 0.29) is 5.76 Å². The summed E-state index contributed by atoms with van der Waals surface area (Å²) in [6.45, 7) is 1.67. The monoisotopic (exact) mass is 190 g/mol. The highest BCUT2D eigenvalue weighted by atomic mass is 16.6. The van der Waals surface area contributed by atoms with Gasteiger partial charge in [0, 0.05) is 5.56 Å². The normalized spacial score (nSPS) is 25.8. The zero-order valence-corrected chi connectivity index (χ0v) is 7.73. The van der Waals surface area contributed by atoms with E-state index in [0.717, 1.165) is 11.6 Å². The van der Waals surface area contributed by atoms with E-state index in [0.29, 0.717) is 0 Å². The fourth-order valence-electron chi connectivity index (χ4n) is 1.50. The van der Waals surface area contributed by atoms with E-state index in [1.807, 2.05) is 30.3 Å². The standard InChI is InChI=1S/C11H10O3/c1-11(8-5-3-2-4-6-8)9(12)7-10(13)14-11/h2-7,12H,1H3/t11-/m1/s1. The van der Waals surface area contributed by atoms with E-state index in [4.69, 9.17) is 4.74 Å². The van der Waals surface area contributed by atoms with Crippen LogP contribution in [0.25, 0.3) is 0 Å². The van der Waals surface area contributed by atoms with Gasteiger partial charge >= 0.3 is 5.97 Å². The first kappa shape index (κ1) is 8.81. The lowest BCUT2D eigenvalue weighted by Gasteiger charge is -2.23. The van der Waals surface area contributed by atoms with E-state index in [1.165, 1.54) is 0 Å². The van der Waals surface area contributed by atoms with Crippen molar-refractivity contribution in [3.8, 4) is 0 Å². The minimum atomic E-state index is -1.02.